The van der Waals surface area contributed by atoms with Gasteiger partial charge in [0.15, 0.2) is 0 Å². The fourth-order valence-corrected chi connectivity index (χ4v) is 3.78. The van der Waals surface area contributed by atoms with Crippen LogP contribution in [0, 0.1) is 6.92 Å². The van der Waals surface area contributed by atoms with E-state index in [9.17, 15) is 19.2 Å². The fraction of sp³-hybridized carbons (Fsp3) is 0.154. The Balaban J connectivity index is 1.37. The van der Waals surface area contributed by atoms with E-state index >= 15 is 0 Å². The molecular weight excluding hydrogens is 446 g/mol. The summed E-state index contributed by atoms with van der Waals surface area (Å²) in [6.07, 6.45) is 0. The normalized spacial score (nSPS) is 16.7. The zero-order chi connectivity index (χ0) is 25.0. The molecule has 3 aromatic rings. The Bertz CT molecular complexity index is 1320. The van der Waals surface area contributed by atoms with E-state index in [2.05, 4.69) is 26.6 Å². The highest BCUT2D eigenvalue weighted by Gasteiger charge is 2.43. The molecule has 3 aromatic carbocycles. The molecule has 35 heavy (non-hydrogen) atoms. The summed E-state index contributed by atoms with van der Waals surface area (Å²) in [5.41, 5.74) is 2.71. The Kier molecular flexibility index (Phi) is 6.50. The molecule has 1 unspecified atom stereocenters. The predicted octanol–water partition coefficient (Wildman–Crippen LogP) is 3.62. The van der Waals surface area contributed by atoms with Gasteiger partial charge in [0.2, 0.25) is 0 Å². The molecule has 0 radical (unpaired) electrons. The van der Waals surface area contributed by atoms with Gasteiger partial charge in [-0.25, -0.2) is 9.59 Å². The van der Waals surface area contributed by atoms with Crippen LogP contribution in [-0.2, 0) is 16.9 Å². The van der Waals surface area contributed by atoms with Crippen molar-refractivity contribution in [2.75, 3.05) is 10.6 Å². The first kappa shape index (κ1) is 23.5. The average molecular weight is 472 g/mol. The molecule has 0 aromatic heterocycles. The molecule has 9 heteroatoms. The van der Waals surface area contributed by atoms with Crippen molar-refractivity contribution in [2.45, 2.75) is 25.9 Å². The van der Waals surface area contributed by atoms with Crippen LogP contribution in [0.15, 0.2) is 72.8 Å². The van der Waals surface area contributed by atoms with Crippen LogP contribution in [-0.4, -0.2) is 23.9 Å². The first-order chi connectivity index (χ1) is 16.7. The zero-order valence-corrected chi connectivity index (χ0v) is 19.3. The maximum atomic E-state index is 12.7. The first-order valence-corrected chi connectivity index (χ1v) is 11.0. The number of nitrogens with one attached hydrogen (secondary N) is 5. The molecule has 0 spiro atoms. The lowest BCUT2D eigenvalue weighted by Gasteiger charge is -2.21. The third-order valence-corrected chi connectivity index (χ3v) is 5.66. The summed E-state index contributed by atoms with van der Waals surface area (Å²) in [5, 5.41) is 13.2. The molecule has 6 amide bonds. The molecule has 0 bridgehead atoms. The average Bonchev–Trinajstić information content (AvgIpc) is 3.09. The van der Waals surface area contributed by atoms with Gasteiger partial charge in [0.1, 0.15) is 5.54 Å². The van der Waals surface area contributed by atoms with Crippen molar-refractivity contribution in [3.8, 4) is 0 Å². The van der Waals surface area contributed by atoms with Crippen LogP contribution in [0.5, 0.6) is 0 Å². The molecule has 178 valence electrons. The maximum Gasteiger partial charge on any atom is 0.323 e. The number of carbonyl (C=O) groups is 4. The quantitative estimate of drug-likeness (QED) is 0.352. The summed E-state index contributed by atoms with van der Waals surface area (Å²) in [6.45, 7) is 3.76. The van der Waals surface area contributed by atoms with Crippen molar-refractivity contribution in [1.82, 2.24) is 16.0 Å². The molecule has 0 saturated carbocycles. The first-order valence-electron chi connectivity index (χ1n) is 11.0. The molecular formula is C26H25N5O4. The molecule has 4 rings (SSSR count). The highest BCUT2D eigenvalue weighted by atomic mass is 16.2. The lowest BCUT2D eigenvalue weighted by molar-refractivity contribution is -0.123. The summed E-state index contributed by atoms with van der Waals surface area (Å²) < 4.78 is 0. The van der Waals surface area contributed by atoms with Crippen LogP contribution in [0.1, 0.15) is 34.0 Å². The molecule has 1 atom stereocenters. The minimum atomic E-state index is -1.24. The summed E-state index contributed by atoms with van der Waals surface area (Å²) in [7, 11) is 0. The lowest BCUT2D eigenvalue weighted by Crippen LogP contribution is -2.40. The Morgan fingerprint density at radius 3 is 2.26 bits per heavy atom. The molecule has 0 aliphatic carbocycles. The van der Waals surface area contributed by atoms with Gasteiger partial charge < -0.3 is 21.3 Å². The number of benzene rings is 3. The predicted molar refractivity (Wildman–Crippen MR) is 132 cm³/mol. The van der Waals surface area contributed by atoms with E-state index in [4.69, 9.17) is 0 Å². The monoisotopic (exact) mass is 471 g/mol. The molecule has 1 heterocycles. The van der Waals surface area contributed by atoms with E-state index in [0.717, 1.165) is 11.1 Å². The lowest BCUT2D eigenvalue weighted by atomic mass is 9.91. The second kappa shape index (κ2) is 9.68. The molecule has 1 aliphatic heterocycles. The van der Waals surface area contributed by atoms with E-state index in [1.807, 2.05) is 31.2 Å². The standard InChI is InChI=1S/C26H25N5O4/c1-16-6-3-10-20(12-16)28-24(34)29-21-11-4-7-17(13-21)15-27-22(32)18-8-5-9-19(14-18)26(2)23(33)30-25(35)31-26/h3-14H,15H2,1-2H3,(H,27,32)(H2,28,29,34)(H2,30,31,33,35). The number of imide groups is 1. The van der Waals surface area contributed by atoms with Gasteiger partial charge >= 0.3 is 12.1 Å². The summed E-state index contributed by atoms with van der Waals surface area (Å²) in [5.74, 6) is -0.813. The van der Waals surface area contributed by atoms with E-state index in [1.165, 1.54) is 0 Å². The summed E-state index contributed by atoms with van der Waals surface area (Å²) in [4.78, 5) is 48.8. The van der Waals surface area contributed by atoms with E-state index in [0.29, 0.717) is 22.5 Å². The molecule has 1 aliphatic rings. The second-order valence-corrected chi connectivity index (χ2v) is 8.45. The van der Waals surface area contributed by atoms with Crippen molar-refractivity contribution >= 4 is 35.3 Å². The third kappa shape index (κ3) is 5.47. The van der Waals surface area contributed by atoms with E-state index in [1.54, 1.807) is 55.5 Å². The highest BCUT2D eigenvalue weighted by molar-refractivity contribution is 6.07. The number of aryl methyl sites for hydroxylation is 1. The van der Waals surface area contributed by atoms with Gasteiger partial charge in [-0.2, -0.15) is 0 Å². The van der Waals surface area contributed by atoms with Crippen molar-refractivity contribution < 1.29 is 19.2 Å². The van der Waals surface area contributed by atoms with E-state index in [-0.39, 0.29) is 18.5 Å². The number of hydrogen-bond donors (Lipinski definition) is 5. The minimum Gasteiger partial charge on any atom is -0.348 e. The number of carbonyl (C=O) groups excluding carboxylic acids is 4. The van der Waals surface area contributed by atoms with Crippen LogP contribution in [0.2, 0.25) is 0 Å². The second-order valence-electron chi connectivity index (χ2n) is 8.45. The van der Waals surface area contributed by atoms with Crippen LogP contribution < -0.4 is 26.6 Å². The molecule has 1 fully saturated rings. The van der Waals surface area contributed by atoms with Crippen LogP contribution in [0.4, 0.5) is 21.0 Å². The Hall–Kier alpha value is -4.66. The maximum absolute atomic E-state index is 12.7. The third-order valence-electron chi connectivity index (χ3n) is 5.66. The number of hydrogen-bond acceptors (Lipinski definition) is 4. The Labute approximate surface area is 202 Å². The summed E-state index contributed by atoms with van der Waals surface area (Å²) >= 11 is 0. The SMILES string of the molecule is Cc1cccc(NC(=O)Nc2cccc(CNC(=O)c3cccc(C4(C)NC(=O)NC4=O)c3)c2)c1. The van der Waals surface area contributed by atoms with Crippen LogP contribution >= 0.6 is 0 Å². The van der Waals surface area contributed by atoms with Gasteiger partial charge in [0, 0.05) is 23.5 Å². The van der Waals surface area contributed by atoms with Crippen molar-refractivity contribution in [2.24, 2.45) is 0 Å². The van der Waals surface area contributed by atoms with Crippen LogP contribution in [0.25, 0.3) is 0 Å². The van der Waals surface area contributed by atoms with Crippen molar-refractivity contribution in [3.63, 3.8) is 0 Å². The minimum absolute atomic E-state index is 0.229. The smallest absolute Gasteiger partial charge is 0.323 e. The topological polar surface area (TPSA) is 128 Å². The molecule has 5 N–H and O–H groups in total. The number of rotatable bonds is 6. The van der Waals surface area contributed by atoms with E-state index < -0.39 is 17.5 Å². The molecule has 1 saturated heterocycles. The fourth-order valence-electron chi connectivity index (χ4n) is 3.78. The van der Waals surface area contributed by atoms with Gasteiger partial charge in [0.25, 0.3) is 11.8 Å². The highest BCUT2D eigenvalue weighted by Crippen LogP contribution is 2.25. The van der Waals surface area contributed by atoms with Crippen molar-refractivity contribution in [3.05, 3.63) is 95.1 Å². The zero-order valence-electron chi connectivity index (χ0n) is 19.3. The van der Waals surface area contributed by atoms with Crippen LogP contribution in [0.3, 0.4) is 0 Å². The number of amides is 6. The Morgan fingerprint density at radius 2 is 1.57 bits per heavy atom. The van der Waals surface area contributed by atoms with Gasteiger partial charge in [0.05, 0.1) is 0 Å². The van der Waals surface area contributed by atoms with Gasteiger partial charge in [-0.3, -0.25) is 14.9 Å². The summed E-state index contributed by atoms with van der Waals surface area (Å²) in [6, 6.07) is 20.2. The molecule has 9 nitrogen and oxygen atoms in total. The Morgan fingerprint density at radius 1 is 0.886 bits per heavy atom. The van der Waals surface area contributed by atoms with Gasteiger partial charge in [-0.1, -0.05) is 36.4 Å². The number of urea groups is 2. The van der Waals surface area contributed by atoms with Gasteiger partial charge in [-0.15, -0.1) is 0 Å². The largest absolute Gasteiger partial charge is 0.348 e. The van der Waals surface area contributed by atoms with Crippen molar-refractivity contribution in [1.29, 1.82) is 0 Å². The van der Waals surface area contributed by atoms with Gasteiger partial charge in [-0.05, 0) is 66.9 Å². The number of anilines is 2.